The normalized spacial score (nSPS) is 14.2. The van der Waals surface area contributed by atoms with Crippen molar-refractivity contribution in [1.82, 2.24) is 4.90 Å². The standard InChI is InChI=1S/C12H22N2O5S/c1-7(13)9(15)14(8(6-20)10(16)18-5)11(17)19-12(2,3)4/h7-8,20H,6,13H2,1-5H3/t7-,8-/m0/s1. The summed E-state index contributed by atoms with van der Waals surface area (Å²) in [6.45, 7) is 6.35. The average molecular weight is 306 g/mol. The van der Waals surface area contributed by atoms with Crippen molar-refractivity contribution >= 4 is 30.6 Å². The Morgan fingerprint density at radius 1 is 1.30 bits per heavy atom. The molecule has 20 heavy (non-hydrogen) atoms. The molecule has 2 atom stereocenters. The van der Waals surface area contributed by atoms with Gasteiger partial charge in [-0.05, 0) is 27.7 Å². The Bertz CT molecular complexity index is 379. The first-order chi connectivity index (χ1) is 9.05. The average Bonchev–Trinajstić information content (AvgIpc) is 2.31. The summed E-state index contributed by atoms with van der Waals surface area (Å²) in [4.78, 5) is 36.5. The molecule has 116 valence electrons. The number of esters is 1. The number of hydrogen-bond donors (Lipinski definition) is 2. The van der Waals surface area contributed by atoms with Gasteiger partial charge >= 0.3 is 12.1 Å². The van der Waals surface area contributed by atoms with Crippen LogP contribution in [0.4, 0.5) is 4.79 Å². The van der Waals surface area contributed by atoms with Gasteiger partial charge in [-0.1, -0.05) is 0 Å². The van der Waals surface area contributed by atoms with Crippen LogP contribution in [0.5, 0.6) is 0 Å². The zero-order valence-electron chi connectivity index (χ0n) is 12.4. The monoisotopic (exact) mass is 306 g/mol. The van der Waals surface area contributed by atoms with Gasteiger partial charge in [0.1, 0.15) is 11.6 Å². The number of ether oxygens (including phenoxy) is 2. The van der Waals surface area contributed by atoms with Crippen molar-refractivity contribution in [2.24, 2.45) is 5.73 Å². The van der Waals surface area contributed by atoms with E-state index in [0.29, 0.717) is 4.90 Å². The Balaban J connectivity index is 5.42. The number of hydrogen-bond acceptors (Lipinski definition) is 7. The van der Waals surface area contributed by atoms with Gasteiger partial charge in [0.25, 0.3) is 0 Å². The molecular weight excluding hydrogens is 284 g/mol. The maximum Gasteiger partial charge on any atom is 0.417 e. The highest BCUT2D eigenvalue weighted by molar-refractivity contribution is 7.80. The molecule has 0 aromatic carbocycles. The minimum absolute atomic E-state index is 0.0929. The van der Waals surface area contributed by atoms with Crippen molar-refractivity contribution in [1.29, 1.82) is 0 Å². The van der Waals surface area contributed by atoms with Crippen molar-refractivity contribution in [3.63, 3.8) is 0 Å². The molecule has 0 bridgehead atoms. The first-order valence-electron chi connectivity index (χ1n) is 6.05. The van der Waals surface area contributed by atoms with Crippen LogP contribution in [0.1, 0.15) is 27.7 Å². The van der Waals surface area contributed by atoms with Crippen molar-refractivity contribution in [3.05, 3.63) is 0 Å². The molecule has 0 unspecified atom stereocenters. The molecule has 0 spiro atoms. The minimum atomic E-state index is -1.18. The molecule has 0 aromatic rings. The molecule has 0 rings (SSSR count). The zero-order valence-corrected chi connectivity index (χ0v) is 13.3. The van der Waals surface area contributed by atoms with Crippen LogP contribution in [-0.2, 0) is 19.1 Å². The van der Waals surface area contributed by atoms with Gasteiger partial charge in [0.2, 0.25) is 5.91 Å². The summed E-state index contributed by atoms with van der Waals surface area (Å²) >= 11 is 3.97. The van der Waals surface area contributed by atoms with E-state index in [1.165, 1.54) is 6.92 Å². The van der Waals surface area contributed by atoms with E-state index >= 15 is 0 Å². The molecule has 0 saturated carbocycles. The number of methoxy groups -OCH3 is 1. The highest BCUT2D eigenvalue weighted by Gasteiger charge is 2.38. The van der Waals surface area contributed by atoms with E-state index in [4.69, 9.17) is 10.5 Å². The third-order valence-corrected chi connectivity index (χ3v) is 2.52. The lowest BCUT2D eigenvalue weighted by Gasteiger charge is -2.30. The summed E-state index contributed by atoms with van der Waals surface area (Å²) in [7, 11) is 1.16. The predicted octanol–water partition coefficient (Wildman–Crippen LogP) is 0.569. The van der Waals surface area contributed by atoms with Crippen LogP contribution in [-0.4, -0.2) is 53.4 Å². The Morgan fingerprint density at radius 2 is 1.80 bits per heavy atom. The van der Waals surface area contributed by atoms with E-state index in [9.17, 15) is 14.4 Å². The predicted molar refractivity (Wildman–Crippen MR) is 76.4 cm³/mol. The number of thiol groups is 1. The fourth-order valence-corrected chi connectivity index (χ4v) is 1.61. The molecule has 0 heterocycles. The van der Waals surface area contributed by atoms with E-state index in [1.807, 2.05) is 0 Å². The van der Waals surface area contributed by atoms with Crippen molar-refractivity contribution in [3.8, 4) is 0 Å². The van der Waals surface area contributed by atoms with Crippen molar-refractivity contribution in [2.45, 2.75) is 45.4 Å². The second-order valence-corrected chi connectivity index (χ2v) is 5.56. The van der Waals surface area contributed by atoms with Crippen LogP contribution in [0.25, 0.3) is 0 Å². The number of rotatable bonds is 4. The number of carbonyl (C=O) groups excluding carboxylic acids is 3. The van der Waals surface area contributed by atoms with Crippen LogP contribution in [0.15, 0.2) is 0 Å². The number of amides is 2. The van der Waals surface area contributed by atoms with Crippen molar-refractivity contribution < 1.29 is 23.9 Å². The topological polar surface area (TPSA) is 98.9 Å². The van der Waals surface area contributed by atoms with Crippen LogP contribution in [0, 0.1) is 0 Å². The SMILES string of the molecule is COC(=O)[C@H](CS)N(C(=O)OC(C)(C)C)C(=O)[C@H](C)N. The lowest BCUT2D eigenvalue weighted by Crippen LogP contribution is -2.55. The van der Waals surface area contributed by atoms with E-state index in [1.54, 1.807) is 20.8 Å². The Morgan fingerprint density at radius 3 is 2.10 bits per heavy atom. The molecule has 7 nitrogen and oxygen atoms in total. The number of nitrogens with two attached hydrogens (primary N) is 1. The second kappa shape index (κ2) is 7.49. The largest absolute Gasteiger partial charge is 0.467 e. The van der Waals surface area contributed by atoms with Gasteiger partial charge in [0.15, 0.2) is 0 Å². The van der Waals surface area contributed by atoms with E-state index in [0.717, 1.165) is 7.11 Å². The molecule has 0 aliphatic carbocycles. The van der Waals surface area contributed by atoms with Gasteiger partial charge in [0.05, 0.1) is 13.2 Å². The summed E-state index contributed by atoms with van der Waals surface area (Å²) in [5.41, 5.74) is 4.68. The summed E-state index contributed by atoms with van der Waals surface area (Å²) in [6.07, 6.45) is -0.954. The summed E-state index contributed by atoms with van der Waals surface area (Å²) < 4.78 is 9.68. The van der Waals surface area contributed by atoms with E-state index in [-0.39, 0.29) is 5.75 Å². The summed E-state index contributed by atoms with van der Waals surface area (Å²) in [6, 6.07) is -2.15. The molecule has 0 saturated heterocycles. The van der Waals surface area contributed by atoms with Gasteiger partial charge in [-0.15, -0.1) is 0 Å². The Hall–Kier alpha value is -1.28. The van der Waals surface area contributed by atoms with Crippen LogP contribution in [0.2, 0.25) is 0 Å². The highest BCUT2D eigenvalue weighted by atomic mass is 32.1. The molecular formula is C12H22N2O5S. The van der Waals surface area contributed by atoms with Gasteiger partial charge in [-0.25, -0.2) is 14.5 Å². The molecule has 0 radical (unpaired) electrons. The number of carbonyl (C=O) groups is 3. The smallest absolute Gasteiger partial charge is 0.417 e. The maximum atomic E-state index is 12.1. The fourth-order valence-electron chi connectivity index (χ4n) is 1.30. The second-order valence-electron chi connectivity index (χ2n) is 5.20. The van der Waals surface area contributed by atoms with Gasteiger partial charge < -0.3 is 15.2 Å². The minimum Gasteiger partial charge on any atom is -0.467 e. The molecule has 0 aromatic heterocycles. The third kappa shape index (κ3) is 5.38. The molecule has 2 N–H and O–H groups in total. The molecule has 0 fully saturated rings. The van der Waals surface area contributed by atoms with Gasteiger partial charge in [0, 0.05) is 5.75 Å². The summed E-state index contributed by atoms with van der Waals surface area (Å²) in [5.74, 6) is -1.59. The Kier molecular flexibility index (Phi) is 7.01. The molecule has 0 aliphatic heterocycles. The molecule has 8 heteroatoms. The van der Waals surface area contributed by atoms with Gasteiger partial charge in [-0.2, -0.15) is 12.6 Å². The first-order valence-corrected chi connectivity index (χ1v) is 6.68. The maximum absolute atomic E-state index is 12.1. The van der Waals surface area contributed by atoms with Crippen LogP contribution < -0.4 is 5.73 Å². The third-order valence-electron chi connectivity index (χ3n) is 2.18. The number of imide groups is 1. The van der Waals surface area contributed by atoms with Crippen LogP contribution >= 0.6 is 12.6 Å². The van der Waals surface area contributed by atoms with E-state index in [2.05, 4.69) is 17.4 Å². The fraction of sp³-hybridized carbons (Fsp3) is 0.750. The number of nitrogens with zero attached hydrogens (tertiary/aromatic N) is 1. The van der Waals surface area contributed by atoms with Crippen LogP contribution in [0.3, 0.4) is 0 Å². The van der Waals surface area contributed by atoms with E-state index < -0.39 is 35.7 Å². The molecule has 2 amide bonds. The van der Waals surface area contributed by atoms with Crippen molar-refractivity contribution in [2.75, 3.05) is 12.9 Å². The first kappa shape index (κ1) is 18.7. The lowest BCUT2D eigenvalue weighted by atomic mass is 10.2. The Labute approximate surface area is 124 Å². The lowest BCUT2D eigenvalue weighted by molar-refractivity contribution is -0.151. The summed E-state index contributed by atoms with van der Waals surface area (Å²) in [5, 5.41) is 0. The molecule has 0 aliphatic rings. The quantitative estimate of drug-likeness (QED) is 0.582. The van der Waals surface area contributed by atoms with Gasteiger partial charge in [-0.3, -0.25) is 4.79 Å². The highest BCUT2D eigenvalue weighted by Crippen LogP contribution is 2.14. The zero-order chi connectivity index (χ0) is 16.1.